The first kappa shape index (κ1) is 36.0. The van der Waals surface area contributed by atoms with Gasteiger partial charge in [0.1, 0.15) is 12.7 Å². The van der Waals surface area contributed by atoms with Crippen molar-refractivity contribution in [3.8, 4) is 0 Å². The molecule has 4 aromatic rings. The van der Waals surface area contributed by atoms with Gasteiger partial charge in [0.2, 0.25) is 0 Å². The van der Waals surface area contributed by atoms with Crippen LogP contribution in [0, 0.1) is 0 Å². The zero-order valence-electron chi connectivity index (χ0n) is 28.4. The van der Waals surface area contributed by atoms with Crippen molar-refractivity contribution in [2.75, 3.05) is 13.2 Å². The number of hydrogen-bond donors (Lipinski definition) is 1. The van der Waals surface area contributed by atoms with E-state index >= 15 is 0 Å². The van der Waals surface area contributed by atoms with E-state index in [0.717, 1.165) is 5.56 Å². The maximum absolute atomic E-state index is 13.7. The van der Waals surface area contributed by atoms with E-state index < -0.39 is 54.5 Å². The molecule has 0 bridgehead atoms. The van der Waals surface area contributed by atoms with Gasteiger partial charge in [-0.15, -0.1) is 0 Å². The van der Waals surface area contributed by atoms with Crippen LogP contribution in [0.3, 0.4) is 0 Å². The smallest absolute Gasteiger partial charge is 0.338 e. The molecule has 0 amide bonds. The lowest BCUT2D eigenvalue weighted by atomic mass is 9.94. The Balaban J connectivity index is 1.42. The molecule has 1 saturated heterocycles. The second kappa shape index (κ2) is 16.4. The maximum atomic E-state index is 13.7. The Bertz CT molecular complexity index is 1940. The monoisotopic (exact) mass is 720 g/mol. The minimum absolute atomic E-state index is 0.116. The molecule has 0 saturated carbocycles. The zero-order chi connectivity index (χ0) is 36.6. The van der Waals surface area contributed by atoms with Gasteiger partial charge in [0.15, 0.2) is 23.5 Å². The molecule has 2 heterocycles. The van der Waals surface area contributed by atoms with Crippen molar-refractivity contribution in [3.63, 3.8) is 0 Å². The highest BCUT2D eigenvalue weighted by molar-refractivity contribution is 7.80. The van der Waals surface area contributed by atoms with E-state index in [1.807, 2.05) is 30.3 Å². The molecule has 5 atom stereocenters. The number of esters is 4. The first-order valence-corrected chi connectivity index (χ1v) is 17.1. The van der Waals surface area contributed by atoms with E-state index in [9.17, 15) is 19.2 Å². The molecular weight excluding hydrogens is 685 g/mol. The summed E-state index contributed by atoms with van der Waals surface area (Å²) in [4.78, 5) is 55.4. The van der Waals surface area contributed by atoms with Gasteiger partial charge < -0.3 is 29.0 Å². The summed E-state index contributed by atoms with van der Waals surface area (Å²) in [6.45, 7) is 3.12. The topological polar surface area (TPSA) is 130 Å². The van der Waals surface area contributed by atoms with Crippen LogP contribution in [0.1, 0.15) is 56.5 Å². The highest BCUT2D eigenvalue weighted by Gasteiger charge is 2.55. The van der Waals surface area contributed by atoms with Gasteiger partial charge in [0.05, 0.1) is 34.9 Å². The number of ether oxygens (including phenoxy) is 5. The van der Waals surface area contributed by atoms with Crippen LogP contribution < -0.4 is 5.32 Å². The van der Waals surface area contributed by atoms with Gasteiger partial charge in [-0.1, -0.05) is 84.9 Å². The molecule has 2 aliphatic heterocycles. The van der Waals surface area contributed by atoms with Gasteiger partial charge in [-0.3, -0.25) is 4.90 Å². The van der Waals surface area contributed by atoms with Gasteiger partial charge in [0.25, 0.3) is 0 Å². The largest absolute Gasteiger partial charge is 0.463 e. The average molecular weight is 721 g/mol. The van der Waals surface area contributed by atoms with Crippen LogP contribution in [-0.2, 0) is 28.5 Å². The van der Waals surface area contributed by atoms with E-state index in [1.54, 1.807) is 105 Å². The van der Waals surface area contributed by atoms with Gasteiger partial charge in [-0.05, 0) is 68.0 Å². The summed E-state index contributed by atoms with van der Waals surface area (Å²) in [6.07, 6.45) is -5.05. The molecule has 4 aromatic carbocycles. The summed E-state index contributed by atoms with van der Waals surface area (Å²) in [7, 11) is 0. The number of hydrogen-bond acceptors (Lipinski definition) is 10. The Morgan fingerprint density at radius 3 is 1.67 bits per heavy atom. The number of carbonyl (C=O) groups is 4. The first-order valence-electron chi connectivity index (χ1n) is 16.7. The fourth-order valence-electron chi connectivity index (χ4n) is 6.10. The third kappa shape index (κ3) is 7.88. The summed E-state index contributed by atoms with van der Waals surface area (Å²) in [5, 5.41) is 3.38. The fourth-order valence-corrected chi connectivity index (χ4v) is 6.46. The van der Waals surface area contributed by atoms with Crippen molar-refractivity contribution < 1.29 is 42.9 Å². The third-order valence-corrected chi connectivity index (χ3v) is 8.90. The Morgan fingerprint density at radius 2 is 1.15 bits per heavy atom. The van der Waals surface area contributed by atoms with Crippen molar-refractivity contribution in [3.05, 3.63) is 155 Å². The molecule has 2 aliphatic rings. The molecule has 0 unspecified atom stereocenters. The van der Waals surface area contributed by atoms with E-state index in [2.05, 4.69) is 5.32 Å². The number of nitrogens with zero attached hydrogens (tertiary/aromatic N) is 1. The molecule has 266 valence electrons. The van der Waals surface area contributed by atoms with Gasteiger partial charge in [-0.25, -0.2) is 19.2 Å². The van der Waals surface area contributed by atoms with Crippen molar-refractivity contribution in [1.82, 2.24) is 10.2 Å². The SMILES string of the molecule is CCOC(=O)C1=C(C)N([C@H]2O[C@@H](COC(=O)c3ccccc3)[C@@H](OC(=O)c3ccccc3)[C@H]2OC(=O)c2ccccc2)C(=S)N[C@H]1c1ccccc1. The Hall–Kier alpha value is -5.85. The lowest BCUT2D eigenvalue weighted by Crippen LogP contribution is -2.56. The van der Waals surface area contributed by atoms with Crippen LogP contribution in [0.15, 0.2) is 133 Å². The van der Waals surface area contributed by atoms with E-state index in [1.165, 1.54) is 4.90 Å². The number of nitrogens with one attached hydrogen (secondary N) is 1. The summed E-state index contributed by atoms with van der Waals surface area (Å²) >= 11 is 5.91. The Labute approximate surface area is 306 Å². The minimum Gasteiger partial charge on any atom is -0.463 e. The molecule has 1 fully saturated rings. The molecule has 0 aliphatic carbocycles. The Kier molecular flexibility index (Phi) is 11.4. The van der Waals surface area contributed by atoms with Crippen LogP contribution >= 0.6 is 12.2 Å². The highest BCUT2D eigenvalue weighted by Crippen LogP contribution is 2.38. The van der Waals surface area contributed by atoms with Gasteiger partial charge in [0, 0.05) is 5.70 Å². The third-order valence-electron chi connectivity index (χ3n) is 8.59. The molecule has 1 N–H and O–H groups in total. The predicted molar refractivity (Wildman–Crippen MR) is 193 cm³/mol. The van der Waals surface area contributed by atoms with E-state index in [4.69, 9.17) is 35.9 Å². The summed E-state index contributed by atoms with van der Waals surface area (Å²) in [6, 6.07) is 33.5. The van der Waals surface area contributed by atoms with Gasteiger partial charge >= 0.3 is 23.9 Å². The standard InChI is InChI=1S/C40H36N2O9S/c1-3-47-39(46)31-25(2)42(40(52)41-32(31)26-16-8-4-9-17-26)35-34(51-38(45)29-22-14-7-15-23-29)33(50-37(44)28-20-12-6-13-21-28)30(49-35)24-48-36(43)27-18-10-5-11-19-27/h4-23,30,32-35H,3,24H2,1-2H3,(H,41,52)/t30-,32-,33+,34+,35-/m0/s1. The number of carbonyl (C=O) groups excluding carboxylic acids is 4. The lowest BCUT2D eigenvalue weighted by Gasteiger charge is -2.41. The van der Waals surface area contributed by atoms with Crippen LogP contribution in [0.4, 0.5) is 0 Å². The summed E-state index contributed by atoms with van der Waals surface area (Å²) < 4.78 is 29.9. The van der Waals surface area contributed by atoms with Crippen molar-refractivity contribution in [1.29, 1.82) is 0 Å². The van der Waals surface area contributed by atoms with Gasteiger partial charge in [-0.2, -0.15) is 0 Å². The molecule has 11 nitrogen and oxygen atoms in total. The molecular formula is C40H36N2O9S. The normalized spacial score (nSPS) is 21.2. The van der Waals surface area contributed by atoms with Crippen molar-refractivity contribution in [2.24, 2.45) is 0 Å². The zero-order valence-corrected chi connectivity index (χ0v) is 29.2. The second-order valence-electron chi connectivity index (χ2n) is 11.9. The minimum atomic E-state index is -1.34. The number of benzene rings is 4. The van der Waals surface area contributed by atoms with E-state index in [0.29, 0.717) is 11.3 Å². The summed E-state index contributed by atoms with van der Waals surface area (Å²) in [5.74, 6) is -2.68. The number of thiocarbonyl (C=S) groups is 1. The Morgan fingerprint density at radius 1 is 0.673 bits per heavy atom. The van der Waals surface area contributed by atoms with Crippen molar-refractivity contribution >= 4 is 41.2 Å². The molecule has 12 heteroatoms. The molecule has 0 radical (unpaired) electrons. The van der Waals surface area contributed by atoms with Crippen LogP contribution in [0.2, 0.25) is 0 Å². The molecule has 52 heavy (non-hydrogen) atoms. The van der Waals surface area contributed by atoms with Crippen molar-refractivity contribution in [2.45, 2.75) is 44.4 Å². The first-order chi connectivity index (χ1) is 25.3. The maximum Gasteiger partial charge on any atom is 0.338 e. The average Bonchev–Trinajstić information content (AvgIpc) is 3.50. The highest BCUT2D eigenvalue weighted by atomic mass is 32.1. The molecule has 0 aromatic heterocycles. The van der Waals surface area contributed by atoms with Crippen LogP contribution in [0.25, 0.3) is 0 Å². The number of rotatable bonds is 11. The van der Waals surface area contributed by atoms with E-state index in [-0.39, 0.29) is 35.0 Å². The molecule has 0 spiro atoms. The number of allylic oxidation sites excluding steroid dienone is 1. The van der Waals surface area contributed by atoms with Crippen LogP contribution in [-0.4, -0.2) is 71.6 Å². The van der Waals surface area contributed by atoms with Crippen LogP contribution in [0.5, 0.6) is 0 Å². The quantitative estimate of drug-likeness (QED) is 0.114. The second-order valence-corrected chi connectivity index (χ2v) is 12.3. The summed E-state index contributed by atoms with van der Waals surface area (Å²) in [5.41, 5.74) is 2.13. The molecule has 6 rings (SSSR count). The predicted octanol–water partition coefficient (Wildman–Crippen LogP) is 5.79. The fraction of sp³-hybridized carbons (Fsp3) is 0.225. The lowest BCUT2D eigenvalue weighted by molar-refractivity contribution is -0.139.